The van der Waals surface area contributed by atoms with Crippen molar-refractivity contribution in [2.24, 2.45) is 34.0 Å². The van der Waals surface area contributed by atoms with Crippen molar-refractivity contribution < 1.29 is 46.9 Å². The third-order valence-electron chi connectivity index (χ3n) is 10.4. The molecule has 4 aliphatic carbocycles. The normalized spacial score (nSPS) is 43.9. The summed E-state index contributed by atoms with van der Waals surface area (Å²) in [6.07, 6.45) is -2.20. The van der Waals surface area contributed by atoms with E-state index in [-0.39, 0.29) is 24.8 Å². The van der Waals surface area contributed by atoms with Crippen molar-refractivity contribution in [3.63, 3.8) is 0 Å². The molecular formula is C29H39F3O7. The van der Waals surface area contributed by atoms with Gasteiger partial charge in [-0.15, -0.1) is 0 Å². The summed E-state index contributed by atoms with van der Waals surface area (Å²) in [5.74, 6) is -4.30. The summed E-state index contributed by atoms with van der Waals surface area (Å²) < 4.78 is 62.5. The van der Waals surface area contributed by atoms with E-state index in [1.54, 1.807) is 20.8 Å². The lowest BCUT2D eigenvalue weighted by Crippen LogP contribution is -2.71. The van der Waals surface area contributed by atoms with E-state index < -0.39 is 88.4 Å². The number of allylic oxidation sites excluding steroid dienone is 4. The number of halogens is 3. The van der Waals surface area contributed by atoms with Crippen molar-refractivity contribution in [1.29, 1.82) is 0 Å². The van der Waals surface area contributed by atoms with Gasteiger partial charge in [-0.05, 0) is 62.2 Å². The van der Waals surface area contributed by atoms with Gasteiger partial charge in [0.25, 0.3) is 0 Å². The van der Waals surface area contributed by atoms with Crippen molar-refractivity contribution >= 4 is 17.9 Å². The highest BCUT2D eigenvalue weighted by atomic mass is 19.1. The summed E-state index contributed by atoms with van der Waals surface area (Å²) in [6, 6.07) is 0. The summed E-state index contributed by atoms with van der Waals surface area (Å²) in [5.41, 5.74) is -8.05. The summed E-state index contributed by atoms with van der Waals surface area (Å²) in [7, 11) is 0. The van der Waals surface area contributed by atoms with E-state index in [9.17, 15) is 23.9 Å². The van der Waals surface area contributed by atoms with Gasteiger partial charge in [0.05, 0.1) is 6.10 Å². The Morgan fingerprint density at radius 1 is 1.21 bits per heavy atom. The van der Waals surface area contributed by atoms with Crippen LogP contribution in [-0.2, 0) is 23.8 Å². The fourth-order valence-electron chi connectivity index (χ4n) is 7.85. The van der Waals surface area contributed by atoms with Crippen LogP contribution in [-0.4, -0.2) is 59.5 Å². The molecule has 0 aromatic carbocycles. The molecule has 3 saturated carbocycles. The molecule has 218 valence electrons. The van der Waals surface area contributed by atoms with E-state index in [0.717, 1.165) is 6.08 Å². The first-order chi connectivity index (χ1) is 17.9. The minimum absolute atomic E-state index is 0.0263. The van der Waals surface area contributed by atoms with Crippen molar-refractivity contribution in [1.82, 2.24) is 0 Å². The van der Waals surface area contributed by atoms with Crippen LogP contribution in [0.15, 0.2) is 23.8 Å². The first kappa shape index (κ1) is 29.6. The number of alkyl halides is 3. The summed E-state index contributed by atoms with van der Waals surface area (Å²) >= 11 is 0. The molecule has 4 rings (SSSR count). The monoisotopic (exact) mass is 556 g/mol. The predicted octanol–water partition coefficient (Wildman–Crippen LogP) is 5.35. The second-order valence-electron chi connectivity index (χ2n) is 13.3. The zero-order valence-electron chi connectivity index (χ0n) is 23.6. The number of hydrogen-bond donors (Lipinski definition) is 1. The van der Waals surface area contributed by atoms with E-state index in [4.69, 9.17) is 14.2 Å². The maximum atomic E-state index is 17.4. The molecule has 0 spiro atoms. The molecule has 0 heterocycles. The van der Waals surface area contributed by atoms with Crippen LogP contribution < -0.4 is 0 Å². The summed E-state index contributed by atoms with van der Waals surface area (Å²) in [4.78, 5) is 38.6. The van der Waals surface area contributed by atoms with Crippen molar-refractivity contribution in [2.75, 3.05) is 6.86 Å². The Balaban J connectivity index is 1.81. The van der Waals surface area contributed by atoms with Crippen molar-refractivity contribution in [2.45, 2.75) is 97.4 Å². The number of aliphatic hydroxyl groups is 1. The summed E-state index contributed by atoms with van der Waals surface area (Å²) in [6.45, 7) is 10.4. The second-order valence-corrected chi connectivity index (χ2v) is 13.3. The smallest absolute Gasteiger partial charge is 0.431 e. The highest BCUT2D eigenvalue weighted by Crippen LogP contribution is 2.71. The van der Waals surface area contributed by atoms with Crippen LogP contribution in [0.3, 0.4) is 0 Å². The number of carbonyl (C=O) groups is 3. The highest BCUT2D eigenvalue weighted by Gasteiger charge is 2.79. The average molecular weight is 557 g/mol. The Labute approximate surface area is 227 Å². The Kier molecular flexibility index (Phi) is 7.10. The quantitative estimate of drug-likeness (QED) is 0.466. The van der Waals surface area contributed by atoms with Crippen LogP contribution in [0.1, 0.15) is 67.7 Å². The lowest BCUT2D eigenvalue weighted by molar-refractivity contribution is -0.236. The fraction of sp³-hybridized carbons (Fsp3) is 0.759. The molecule has 0 bridgehead atoms. The Morgan fingerprint density at radius 3 is 2.44 bits per heavy atom. The van der Waals surface area contributed by atoms with Gasteiger partial charge in [0, 0.05) is 22.7 Å². The van der Waals surface area contributed by atoms with Gasteiger partial charge >= 0.3 is 12.1 Å². The van der Waals surface area contributed by atoms with E-state index in [1.165, 1.54) is 19.1 Å². The molecule has 0 saturated heterocycles. The second kappa shape index (κ2) is 9.35. The SMILES string of the molecule is CC(OC(=O)O[C@]1(C(=O)OCF)[C@H](C)C[C@H]2[C@@H]3C[C@H](F)C4=CC(=O)C=C[C@]4(C)[C@@]3(F)[C@@H](O)C[C@@]21C)C(C)(C)C. The molecule has 0 aliphatic heterocycles. The van der Waals surface area contributed by atoms with Gasteiger partial charge < -0.3 is 19.3 Å². The van der Waals surface area contributed by atoms with Gasteiger partial charge in [-0.25, -0.2) is 22.8 Å². The number of rotatable bonds is 4. The minimum atomic E-state index is -2.39. The molecule has 10 heteroatoms. The molecule has 0 aromatic rings. The molecule has 7 nitrogen and oxygen atoms in total. The average Bonchev–Trinajstić information content (AvgIpc) is 3.04. The van der Waals surface area contributed by atoms with Crippen LogP contribution >= 0.6 is 0 Å². The molecule has 0 radical (unpaired) electrons. The van der Waals surface area contributed by atoms with Crippen LogP contribution in [0.25, 0.3) is 0 Å². The van der Waals surface area contributed by atoms with Gasteiger partial charge in [-0.1, -0.05) is 40.7 Å². The molecule has 0 aromatic heterocycles. The summed E-state index contributed by atoms with van der Waals surface area (Å²) in [5, 5.41) is 11.5. The number of carbonyl (C=O) groups excluding carboxylic acids is 3. The molecule has 1 unspecified atom stereocenters. The molecule has 0 amide bonds. The maximum absolute atomic E-state index is 17.4. The zero-order chi connectivity index (χ0) is 29.3. The highest BCUT2D eigenvalue weighted by molar-refractivity contribution is 6.01. The number of hydrogen-bond acceptors (Lipinski definition) is 7. The van der Waals surface area contributed by atoms with Crippen molar-refractivity contribution in [3.8, 4) is 0 Å². The number of ketones is 1. The predicted molar refractivity (Wildman–Crippen MR) is 134 cm³/mol. The lowest BCUT2D eigenvalue weighted by Gasteiger charge is -2.62. The van der Waals surface area contributed by atoms with Gasteiger partial charge in [-0.3, -0.25) is 4.79 Å². The molecular weight excluding hydrogens is 517 g/mol. The fourth-order valence-corrected chi connectivity index (χ4v) is 7.85. The van der Waals surface area contributed by atoms with Gasteiger partial charge in [0.1, 0.15) is 12.3 Å². The standard InChI is InChI=1S/C29H39F3O7/c1-15-10-18-19-12-21(31)20-11-17(33)8-9-26(20,6)28(19,32)22(34)13-27(18,7)29(15,23(35)37-14-30)39-24(36)38-16(2)25(3,4)5/h8-9,11,15-16,18-19,21-22,34H,10,12-14H2,1-7H3/t15-,16?,18+,19+,21+,22+,26+,27+,28+,29+/m1/s1. The third-order valence-corrected chi connectivity index (χ3v) is 10.4. The molecule has 3 fully saturated rings. The first-order valence-corrected chi connectivity index (χ1v) is 13.5. The minimum Gasteiger partial charge on any atom is -0.431 e. The Morgan fingerprint density at radius 2 is 1.85 bits per heavy atom. The van der Waals surface area contributed by atoms with Crippen molar-refractivity contribution in [3.05, 3.63) is 23.8 Å². The van der Waals surface area contributed by atoms with Crippen LogP contribution in [0.4, 0.5) is 18.0 Å². The third kappa shape index (κ3) is 3.98. The lowest BCUT2D eigenvalue weighted by atomic mass is 9.44. The zero-order valence-corrected chi connectivity index (χ0v) is 23.6. The van der Waals surface area contributed by atoms with Gasteiger partial charge in [-0.2, -0.15) is 0 Å². The molecule has 39 heavy (non-hydrogen) atoms. The van der Waals surface area contributed by atoms with Gasteiger partial charge in [0.15, 0.2) is 11.5 Å². The van der Waals surface area contributed by atoms with E-state index in [0.29, 0.717) is 0 Å². The largest absolute Gasteiger partial charge is 0.509 e. The molecule has 1 N–H and O–H groups in total. The Hall–Kier alpha value is -2.36. The topological polar surface area (TPSA) is 99.1 Å². The van der Waals surface area contributed by atoms with Crippen LogP contribution in [0.2, 0.25) is 0 Å². The number of fused-ring (bicyclic) bond motifs is 5. The molecule has 4 aliphatic rings. The van der Waals surface area contributed by atoms with E-state index in [1.807, 2.05) is 20.8 Å². The molecule has 10 atom stereocenters. The Bertz CT molecular complexity index is 1110. The maximum Gasteiger partial charge on any atom is 0.509 e. The van der Waals surface area contributed by atoms with Crippen LogP contribution in [0, 0.1) is 34.0 Å². The number of ether oxygens (including phenoxy) is 3. The number of esters is 1. The number of aliphatic hydroxyl groups excluding tert-OH is 1. The van der Waals surface area contributed by atoms with E-state index >= 15 is 8.78 Å². The first-order valence-electron chi connectivity index (χ1n) is 13.5. The van der Waals surface area contributed by atoms with Crippen LogP contribution in [0.5, 0.6) is 0 Å². The van der Waals surface area contributed by atoms with Gasteiger partial charge in [0.2, 0.25) is 12.5 Å². The van der Waals surface area contributed by atoms with E-state index in [2.05, 4.69) is 0 Å².